The minimum Gasteiger partial charge on any atom is -0.255 e. The van der Waals surface area contributed by atoms with Crippen LogP contribution < -0.4 is 5.43 Å². The molecular weight excluding hydrogens is 460 g/mol. The lowest BCUT2D eigenvalue weighted by Crippen LogP contribution is -2.40. The molecule has 0 aliphatic carbocycles. The van der Waals surface area contributed by atoms with Crippen LogP contribution in [-0.4, -0.2) is 24.6 Å². The van der Waals surface area contributed by atoms with Crippen molar-refractivity contribution in [2.75, 3.05) is 19.6 Å². The molecule has 0 fully saturated rings. The van der Waals surface area contributed by atoms with Crippen molar-refractivity contribution < 1.29 is 0 Å². The molecule has 0 spiro atoms. The lowest BCUT2D eigenvalue weighted by atomic mass is 10.1. The smallest absolute Gasteiger partial charge is 0.0130 e. The average Bonchev–Trinajstić information content (AvgIpc) is 2.93. The first-order chi connectivity index (χ1) is 18.8. The summed E-state index contributed by atoms with van der Waals surface area (Å²) in [5.41, 5.74) is 3.84. The van der Waals surface area contributed by atoms with Crippen molar-refractivity contribution in [3.8, 4) is 0 Å². The largest absolute Gasteiger partial charge is 0.255 e. The third kappa shape index (κ3) is 32.1. The van der Waals surface area contributed by atoms with Crippen molar-refractivity contribution in [2.45, 2.75) is 213 Å². The molecule has 0 aromatic heterocycles. The van der Waals surface area contributed by atoms with Crippen molar-refractivity contribution in [3.05, 3.63) is 0 Å². The summed E-state index contributed by atoms with van der Waals surface area (Å²) in [6.45, 7) is 10.6. The zero-order valence-electron chi connectivity index (χ0n) is 27.3. The third-order valence-electron chi connectivity index (χ3n) is 8.43. The van der Waals surface area contributed by atoms with Crippen molar-refractivity contribution in [3.63, 3.8) is 0 Å². The Morgan fingerprint density at radius 1 is 0.289 bits per heavy atom. The molecule has 0 atom stereocenters. The highest BCUT2D eigenvalue weighted by Crippen LogP contribution is 2.13. The minimum absolute atomic E-state index is 1.19. The first-order valence-corrected chi connectivity index (χ1v) is 18.3. The van der Waals surface area contributed by atoms with Gasteiger partial charge in [-0.25, -0.2) is 5.01 Å². The molecule has 0 saturated carbocycles. The van der Waals surface area contributed by atoms with E-state index >= 15 is 0 Å². The lowest BCUT2D eigenvalue weighted by Gasteiger charge is -2.23. The predicted molar refractivity (Wildman–Crippen MR) is 175 cm³/mol. The van der Waals surface area contributed by atoms with Crippen LogP contribution in [0.5, 0.6) is 0 Å². The van der Waals surface area contributed by atoms with Gasteiger partial charge in [-0.05, 0) is 19.3 Å². The standard InChI is InChI=1S/C36H76N2/c1-4-7-10-13-16-19-22-25-28-31-34-37-38(35-32-29-26-23-20-17-14-11-8-5-2)36-33-30-27-24-21-18-15-12-9-6-3/h37H,4-36H2,1-3H3. The molecule has 230 valence electrons. The van der Waals surface area contributed by atoms with Crippen molar-refractivity contribution in [2.24, 2.45) is 0 Å². The van der Waals surface area contributed by atoms with E-state index in [1.165, 1.54) is 212 Å². The molecule has 0 aromatic rings. The zero-order chi connectivity index (χ0) is 27.6. The molecule has 0 aliphatic heterocycles. The van der Waals surface area contributed by atoms with Gasteiger partial charge < -0.3 is 0 Å². The van der Waals surface area contributed by atoms with Crippen LogP contribution in [0.15, 0.2) is 0 Å². The lowest BCUT2D eigenvalue weighted by molar-refractivity contribution is 0.177. The van der Waals surface area contributed by atoms with Crippen LogP contribution in [-0.2, 0) is 0 Å². The Morgan fingerprint density at radius 2 is 0.526 bits per heavy atom. The van der Waals surface area contributed by atoms with Gasteiger partial charge in [-0.1, -0.05) is 194 Å². The fourth-order valence-electron chi connectivity index (χ4n) is 5.70. The van der Waals surface area contributed by atoms with E-state index in [0.29, 0.717) is 0 Å². The van der Waals surface area contributed by atoms with Crippen LogP contribution in [0.1, 0.15) is 213 Å². The summed E-state index contributed by atoms with van der Waals surface area (Å²) in [6, 6.07) is 0. The molecule has 0 rings (SSSR count). The second-order valence-corrected chi connectivity index (χ2v) is 12.4. The maximum atomic E-state index is 3.84. The van der Waals surface area contributed by atoms with E-state index in [1.54, 1.807) is 0 Å². The van der Waals surface area contributed by atoms with Crippen LogP contribution in [0.2, 0.25) is 0 Å². The number of hydrogen-bond donors (Lipinski definition) is 1. The van der Waals surface area contributed by atoms with Crippen molar-refractivity contribution in [1.29, 1.82) is 0 Å². The molecule has 0 radical (unpaired) electrons. The van der Waals surface area contributed by atoms with E-state index in [2.05, 4.69) is 31.2 Å². The van der Waals surface area contributed by atoms with E-state index in [-0.39, 0.29) is 0 Å². The van der Waals surface area contributed by atoms with Gasteiger partial charge in [-0.15, -0.1) is 0 Å². The monoisotopic (exact) mass is 537 g/mol. The van der Waals surface area contributed by atoms with Gasteiger partial charge in [0.05, 0.1) is 0 Å². The average molecular weight is 537 g/mol. The second kappa shape index (κ2) is 34.9. The van der Waals surface area contributed by atoms with Gasteiger partial charge in [0.2, 0.25) is 0 Å². The van der Waals surface area contributed by atoms with E-state index in [9.17, 15) is 0 Å². The Bertz CT molecular complexity index is 373. The van der Waals surface area contributed by atoms with E-state index in [0.717, 1.165) is 0 Å². The van der Waals surface area contributed by atoms with Crippen molar-refractivity contribution in [1.82, 2.24) is 10.4 Å². The van der Waals surface area contributed by atoms with Gasteiger partial charge in [-0.2, -0.15) is 0 Å². The Balaban J connectivity index is 3.87. The van der Waals surface area contributed by atoms with Crippen LogP contribution >= 0.6 is 0 Å². The Kier molecular flexibility index (Phi) is 34.9. The molecule has 0 saturated heterocycles. The SMILES string of the molecule is CCCCCCCCCCCCNN(CCCCCCCCCCCC)CCCCCCCCCCCC. The van der Waals surface area contributed by atoms with Gasteiger partial charge in [0.1, 0.15) is 0 Å². The first kappa shape index (κ1) is 37.9. The summed E-state index contributed by atoms with van der Waals surface area (Å²) in [4.78, 5) is 0. The Morgan fingerprint density at radius 3 is 0.816 bits per heavy atom. The normalized spacial score (nSPS) is 11.7. The summed E-state index contributed by atoms with van der Waals surface area (Å²) in [5.74, 6) is 0. The fraction of sp³-hybridized carbons (Fsp3) is 1.00. The highest BCUT2D eigenvalue weighted by Gasteiger charge is 2.04. The van der Waals surface area contributed by atoms with Gasteiger partial charge in [-0.3, -0.25) is 5.43 Å². The van der Waals surface area contributed by atoms with E-state index in [1.807, 2.05) is 0 Å². The predicted octanol–water partition coefficient (Wildman–Crippen LogP) is 12.6. The second-order valence-electron chi connectivity index (χ2n) is 12.4. The Hall–Kier alpha value is -0.0800. The molecule has 38 heavy (non-hydrogen) atoms. The molecule has 1 N–H and O–H groups in total. The summed E-state index contributed by atoms with van der Waals surface area (Å²) >= 11 is 0. The number of nitrogens with one attached hydrogen (secondary N) is 1. The van der Waals surface area contributed by atoms with Crippen LogP contribution in [0, 0.1) is 0 Å². The number of rotatable bonds is 34. The molecule has 2 nitrogen and oxygen atoms in total. The van der Waals surface area contributed by atoms with E-state index in [4.69, 9.17) is 0 Å². The molecule has 2 heteroatoms. The number of hydrazine groups is 1. The number of unbranched alkanes of at least 4 members (excludes halogenated alkanes) is 27. The maximum Gasteiger partial charge on any atom is 0.0130 e. The maximum absolute atomic E-state index is 3.84. The molecule has 0 heterocycles. The third-order valence-corrected chi connectivity index (χ3v) is 8.43. The topological polar surface area (TPSA) is 15.3 Å². The van der Waals surface area contributed by atoms with Crippen LogP contribution in [0.25, 0.3) is 0 Å². The molecule has 0 aromatic carbocycles. The van der Waals surface area contributed by atoms with Gasteiger partial charge >= 0.3 is 0 Å². The Labute approximate surface area is 243 Å². The molecule has 0 aliphatic rings. The zero-order valence-corrected chi connectivity index (χ0v) is 27.3. The van der Waals surface area contributed by atoms with Crippen molar-refractivity contribution >= 4 is 0 Å². The van der Waals surface area contributed by atoms with E-state index < -0.39 is 0 Å². The molecule has 0 bridgehead atoms. The summed E-state index contributed by atoms with van der Waals surface area (Å²) in [7, 11) is 0. The molecular formula is C36H76N2. The fourth-order valence-corrected chi connectivity index (χ4v) is 5.70. The first-order valence-electron chi connectivity index (χ1n) is 18.3. The summed E-state index contributed by atoms with van der Waals surface area (Å²) in [5, 5.41) is 2.60. The van der Waals surface area contributed by atoms with Crippen LogP contribution in [0.3, 0.4) is 0 Å². The summed E-state index contributed by atoms with van der Waals surface area (Å²) < 4.78 is 0. The number of hydrogen-bond acceptors (Lipinski definition) is 2. The molecule has 0 amide bonds. The highest BCUT2D eigenvalue weighted by molar-refractivity contribution is 4.58. The molecule has 0 unspecified atom stereocenters. The highest BCUT2D eigenvalue weighted by atomic mass is 15.5. The van der Waals surface area contributed by atoms with Gasteiger partial charge in [0, 0.05) is 19.6 Å². The minimum atomic E-state index is 1.19. The quantitative estimate of drug-likeness (QED) is 0.0649. The number of nitrogens with zero attached hydrogens (tertiary/aromatic N) is 1. The summed E-state index contributed by atoms with van der Waals surface area (Å²) in [6.07, 6.45) is 42.9. The van der Waals surface area contributed by atoms with Gasteiger partial charge in [0.15, 0.2) is 0 Å². The van der Waals surface area contributed by atoms with Crippen LogP contribution in [0.4, 0.5) is 0 Å². The van der Waals surface area contributed by atoms with Gasteiger partial charge in [0.25, 0.3) is 0 Å².